The van der Waals surface area contributed by atoms with Crippen molar-refractivity contribution in [1.82, 2.24) is 0 Å². The van der Waals surface area contributed by atoms with E-state index in [0.29, 0.717) is 0 Å². The Hall–Kier alpha value is -0.653. The SMILES string of the molecule is CCC(C)(C)[SiH2]c1c(C)cc(C)cc1S(=O)(=O)O. The highest BCUT2D eigenvalue weighted by Gasteiger charge is 2.24. The summed E-state index contributed by atoms with van der Waals surface area (Å²) in [7, 11) is -4.90. The van der Waals surface area contributed by atoms with Crippen molar-refractivity contribution < 1.29 is 13.0 Å². The first kappa shape index (κ1) is 15.4. The van der Waals surface area contributed by atoms with Crippen LogP contribution < -0.4 is 5.19 Å². The summed E-state index contributed by atoms with van der Waals surface area (Å²) in [5.41, 5.74) is 1.85. The van der Waals surface area contributed by atoms with E-state index >= 15 is 0 Å². The zero-order valence-corrected chi connectivity index (χ0v) is 14.0. The molecule has 0 amide bonds. The first-order valence-electron chi connectivity index (χ1n) is 6.14. The smallest absolute Gasteiger partial charge is 0.282 e. The third kappa shape index (κ3) is 3.67. The van der Waals surface area contributed by atoms with Gasteiger partial charge >= 0.3 is 0 Å². The van der Waals surface area contributed by atoms with Crippen LogP contribution in [0.25, 0.3) is 0 Å². The Morgan fingerprint density at radius 3 is 2.28 bits per heavy atom. The normalized spacial score (nSPS) is 13.4. The third-order valence-corrected chi connectivity index (χ3v) is 7.39. The van der Waals surface area contributed by atoms with Gasteiger partial charge in [0.15, 0.2) is 0 Å². The average Bonchev–Trinajstić information content (AvgIpc) is 2.20. The molecule has 1 rings (SSSR count). The molecule has 0 aromatic heterocycles. The molecule has 0 aliphatic carbocycles. The van der Waals surface area contributed by atoms with Gasteiger partial charge < -0.3 is 0 Å². The molecular formula is C13H22O3SSi. The predicted molar refractivity (Wildman–Crippen MR) is 78.2 cm³/mol. The molecule has 0 saturated carbocycles. The van der Waals surface area contributed by atoms with Gasteiger partial charge in [0.1, 0.15) is 0 Å². The summed E-state index contributed by atoms with van der Waals surface area (Å²) >= 11 is 0. The lowest BCUT2D eigenvalue weighted by Crippen LogP contribution is -2.31. The summed E-state index contributed by atoms with van der Waals surface area (Å²) < 4.78 is 32.4. The molecule has 0 spiro atoms. The number of aryl methyl sites for hydroxylation is 2. The second kappa shape index (κ2) is 5.15. The van der Waals surface area contributed by atoms with Gasteiger partial charge in [-0.15, -0.1) is 0 Å². The quantitative estimate of drug-likeness (QED) is 0.680. The summed E-state index contributed by atoms with van der Waals surface area (Å²) in [5, 5.41) is 1.02. The Morgan fingerprint density at radius 2 is 1.83 bits per heavy atom. The molecule has 0 atom stereocenters. The maximum atomic E-state index is 11.5. The van der Waals surface area contributed by atoms with Gasteiger partial charge in [0.2, 0.25) is 0 Å². The fraction of sp³-hybridized carbons (Fsp3) is 0.538. The van der Waals surface area contributed by atoms with Gasteiger partial charge in [0, 0.05) is 0 Å². The van der Waals surface area contributed by atoms with Crippen molar-refractivity contribution in [2.45, 2.75) is 51.0 Å². The second-order valence-electron chi connectivity index (χ2n) is 5.73. The van der Waals surface area contributed by atoms with E-state index in [1.165, 1.54) is 0 Å². The Bertz CT molecular complexity index is 548. The van der Waals surface area contributed by atoms with Gasteiger partial charge in [-0.2, -0.15) is 8.42 Å². The third-order valence-electron chi connectivity index (χ3n) is 3.47. The van der Waals surface area contributed by atoms with E-state index in [2.05, 4.69) is 20.8 Å². The van der Waals surface area contributed by atoms with Crippen molar-refractivity contribution in [2.75, 3.05) is 0 Å². The van der Waals surface area contributed by atoms with Crippen LogP contribution in [-0.4, -0.2) is 22.5 Å². The Kier molecular flexibility index (Phi) is 4.41. The molecule has 3 nitrogen and oxygen atoms in total. The zero-order chi connectivity index (χ0) is 14.1. The van der Waals surface area contributed by atoms with Gasteiger partial charge in [-0.3, -0.25) is 4.55 Å². The van der Waals surface area contributed by atoms with Crippen LogP contribution >= 0.6 is 0 Å². The molecular weight excluding hydrogens is 264 g/mol. The van der Waals surface area contributed by atoms with Crippen molar-refractivity contribution >= 4 is 24.8 Å². The van der Waals surface area contributed by atoms with Crippen LogP contribution in [0.1, 0.15) is 38.3 Å². The van der Waals surface area contributed by atoms with E-state index in [1.54, 1.807) is 6.07 Å². The zero-order valence-electron chi connectivity index (χ0n) is 11.7. The summed E-state index contributed by atoms with van der Waals surface area (Å²) in [6.07, 6.45) is 1.01. The van der Waals surface area contributed by atoms with Crippen molar-refractivity contribution in [3.8, 4) is 0 Å². The van der Waals surface area contributed by atoms with Gasteiger partial charge in [-0.25, -0.2) is 0 Å². The van der Waals surface area contributed by atoms with Crippen LogP contribution in [0.5, 0.6) is 0 Å². The van der Waals surface area contributed by atoms with E-state index in [9.17, 15) is 13.0 Å². The molecule has 0 aliphatic heterocycles. The molecule has 1 aromatic carbocycles. The summed E-state index contributed by atoms with van der Waals surface area (Å²) in [4.78, 5) is 0.119. The highest BCUT2D eigenvalue weighted by Crippen LogP contribution is 2.27. The molecule has 0 saturated heterocycles. The highest BCUT2D eigenvalue weighted by molar-refractivity contribution is 7.86. The van der Waals surface area contributed by atoms with Crippen LogP contribution in [0.15, 0.2) is 17.0 Å². The Balaban J connectivity index is 3.43. The molecule has 0 aliphatic rings. The van der Waals surface area contributed by atoms with E-state index in [1.807, 2.05) is 19.9 Å². The van der Waals surface area contributed by atoms with E-state index in [-0.39, 0.29) is 9.93 Å². The average molecular weight is 286 g/mol. The lowest BCUT2D eigenvalue weighted by atomic mass is 10.1. The van der Waals surface area contributed by atoms with Crippen LogP contribution in [0, 0.1) is 13.8 Å². The molecule has 0 radical (unpaired) electrons. The van der Waals surface area contributed by atoms with Crippen molar-refractivity contribution in [1.29, 1.82) is 0 Å². The standard InChI is InChI=1S/C13H22O3SSi/c1-6-13(4,5)18-12-10(3)7-9(2)8-11(12)17(14,15)16/h7-8H,6,18H2,1-5H3,(H,14,15,16). The minimum absolute atomic E-state index is 0.119. The summed E-state index contributed by atoms with van der Waals surface area (Å²) in [6, 6.07) is 3.57. The molecule has 0 unspecified atom stereocenters. The van der Waals surface area contributed by atoms with Gasteiger partial charge in [0.25, 0.3) is 10.1 Å². The molecule has 0 heterocycles. The Morgan fingerprint density at radius 1 is 1.28 bits per heavy atom. The Labute approximate surface area is 112 Å². The minimum Gasteiger partial charge on any atom is -0.282 e. The van der Waals surface area contributed by atoms with Crippen LogP contribution in [0.2, 0.25) is 5.04 Å². The maximum absolute atomic E-state index is 11.5. The van der Waals surface area contributed by atoms with Crippen molar-refractivity contribution in [3.63, 3.8) is 0 Å². The van der Waals surface area contributed by atoms with Crippen LogP contribution in [-0.2, 0) is 10.1 Å². The molecule has 0 fully saturated rings. The number of hydrogen-bond donors (Lipinski definition) is 1. The van der Waals surface area contributed by atoms with Crippen molar-refractivity contribution in [3.05, 3.63) is 23.3 Å². The number of benzene rings is 1. The van der Waals surface area contributed by atoms with Gasteiger partial charge in [0.05, 0.1) is 14.4 Å². The minimum atomic E-state index is -4.12. The second-order valence-corrected chi connectivity index (χ2v) is 10.1. The van der Waals surface area contributed by atoms with Crippen LogP contribution in [0.4, 0.5) is 0 Å². The fourth-order valence-corrected chi connectivity index (χ4v) is 5.45. The molecule has 1 N–H and O–H groups in total. The lowest BCUT2D eigenvalue weighted by Gasteiger charge is -2.24. The summed E-state index contributed by atoms with van der Waals surface area (Å²) in [6.45, 7) is 10.2. The van der Waals surface area contributed by atoms with Gasteiger partial charge in [-0.1, -0.05) is 38.8 Å². The van der Waals surface area contributed by atoms with Crippen LogP contribution in [0.3, 0.4) is 0 Å². The number of hydrogen-bond acceptors (Lipinski definition) is 2. The molecule has 0 bridgehead atoms. The molecule has 102 valence electrons. The van der Waals surface area contributed by atoms with E-state index in [4.69, 9.17) is 0 Å². The molecule has 5 heteroatoms. The lowest BCUT2D eigenvalue weighted by molar-refractivity contribution is 0.483. The number of rotatable bonds is 4. The van der Waals surface area contributed by atoms with Crippen molar-refractivity contribution in [2.24, 2.45) is 0 Å². The topological polar surface area (TPSA) is 54.4 Å². The largest absolute Gasteiger partial charge is 0.294 e. The monoisotopic (exact) mass is 286 g/mol. The van der Waals surface area contributed by atoms with E-state index < -0.39 is 19.6 Å². The summed E-state index contributed by atoms with van der Waals surface area (Å²) in [5.74, 6) is 0. The molecule has 1 aromatic rings. The van der Waals surface area contributed by atoms with E-state index in [0.717, 1.165) is 22.7 Å². The van der Waals surface area contributed by atoms with Gasteiger partial charge in [-0.05, 0) is 35.7 Å². The molecule has 18 heavy (non-hydrogen) atoms. The first-order valence-corrected chi connectivity index (χ1v) is 9.00. The first-order chi connectivity index (χ1) is 8.07. The predicted octanol–water partition coefficient (Wildman–Crippen LogP) is 1.95. The highest BCUT2D eigenvalue weighted by atomic mass is 32.2. The fourth-order valence-electron chi connectivity index (χ4n) is 2.02. The maximum Gasteiger partial charge on any atom is 0.294 e.